The first-order valence-electron chi connectivity index (χ1n) is 5.80. The summed E-state index contributed by atoms with van der Waals surface area (Å²) in [6.07, 6.45) is 4.43. The molecule has 1 rings (SSSR count). The molecule has 82 valence electrons. The Balaban J connectivity index is 2.42. The van der Waals surface area contributed by atoms with Crippen LogP contribution in [0.25, 0.3) is 0 Å². The van der Waals surface area contributed by atoms with Crippen molar-refractivity contribution in [3.63, 3.8) is 0 Å². The zero-order valence-corrected chi connectivity index (χ0v) is 9.58. The van der Waals surface area contributed by atoms with E-state index in [0.717, 1.165) is 12.8 Å². The Kier molecular flexibility index (Phi) is 4.59. The zero-order chi connectivity index (χ0) is 10.6. The molecule has 3 unspecified atom stereocenters. The number of ketones is 1. The lowest BCUT2D eigenvalue weighted by atomic mass is 9.79. The molecule has 1 aliphatic carbocycles. The number of ether oxygens (including phenoxy) is 1. The molecule has 0 amide bonds. The van der Waals surface area contributed by atoms with Crippen LogP contribution >= 0.6 is 0 Å². The molecule has 0 saturated heterocycles. The fourth-order valence-electron chi connectivity index (χ4n) is 2.36. The molecule has 2 nitrogen and oxygen atoms in total. The van der Waals surface area contributed by atoms with E-state index in [1.54, 1.807) is 0 Å². The average molecular weight is 198 g/mol. The summed E-state index contributed by atoms with van der Waals surface area (Å²) in [5.74, 6) is 1.30. The van der Waals surface area contributed by atoms with Crippen LogP contribution in [0.5, 0.6) is 0 Å². The first kappa shape index (κ1) is 11.7. The lowest BCUT2D eigenvalue weighted by molar-refractivity contribution is -0.134. The van der Waals surface area contributed by atoms with Gasteiger partial charge in [0.2, 0.25) is 0 Å². The maximum absolute atomic E-state index is 11.9. The first-order chi connectivity index (χ1) is 6.65. The van der Waals surface area contributed by atoms with Crippen molar-refractivity contribution in [2.24, 2.45) is 11.8 Å². The Morgan fingerprint density at radius 3 is 2.79 bits per heavy atom. The largest absolute Gasteiger partial charge is 0.371 e. The van der Waals surface area contributed by atoms with Gasteiger partial charge in [0.25, 0.3) is 0 Å². The summed E-state index contributed by atoms with van der Waals surface area (Å²) < 4.78 is 5.34. The van der Waals surface area contributed by atoms with E-state index in [2.05, 4.69) is 6.92 Å². The van der Waals surface area contributed by atoms with Gasteiger partial charge in [-0.2, -0.15) is 0 Å². The quantitative estimate of drug-likeness (QED) is 0.694. The molecule has 0 N–H and O–H groups in total. The number of rotatable bonds is 4. The Labute approximate surface area is 87.0 Å². The van der Waals surface area contributed by atoms with Crippen molar-refractivity contribution in [1.82, 2.24) is 0 Å². The topological polar surface area (TPSA) is 26.3 Å². The van der Waals surface area contributed by atoms with Crippen molar-refractivity contribution in [2.45, 2.75) is 52.6 Å². The van der Waals surface area contributed by atoms with Crippen LogP contribution in [-0.4, -0.2) is 18.5 Å². The highest BCUT2D eigenvalue weighted by atomic mass is 16.5. The summed E-state index contributed by atoms with van der Waals surface area (Å²) in [6, 6.07) is 0. The van der Waals surface area contributed by atoms with E-state index in [1.165, 1.54) is 12.8 Å². The van der Waals surface area contributed by atoms with E-state index in [1.807, 2.05) is 13.8 Å². The van der Waals surface area contributed by atoms with Crippen molar-refractivity contribution in [3.8, 4) is 0 Å². The smallest absolute Gasteiger partial charge is 0.164 e. The minimum absolute atomic E-state index is 0.199. The van der Waals surface area contributed by atoms with Crippen LogP contribution in [0.3, 0.4) is 0 Å². The first-order valence-corrected chi connectivity index (χ1v) is 5.80. The Hall–Kier alpha value is -0.370. The number of hydrogen-bond acceptors (Lipinski definition) is 2. The molecule has 0 aromatic rings. The van der Waals surface area contributed by atoms with Gasteiger partial charge in [-0.25, -0.2) is 0 Å². The van der Waals surface area contributed by atoms with Crippen molar-refractivity contribution < 1.29 is 9.53 Å². The Morgan fingerprint density at radius 2 is 2.21 bits per heavy atom. The van der Waals surface area contributed by atoms with Crippen LogP contribution in [0.1, 0.15) is 46.5 Å². The number of carbonyl (C=O) groups is 1. The van der Waals surface area contributed by atoms with Gasteiger partial charge in [0.05, 0.1) is 0 Å². The summed E-state index contributed by atoms with van der Waals surface area (Å²) in [7, 11) is 0. The standard InChI is InChI=1S/C12H22O2/c1-4-14-10(3)12(13)11-7-5-6-9(2)8-11/h9-11H,4-8H2,1-3H3. The van der Waals surface area contributed by atoms with Crippen LogP contribution in [0.4, 0.5) is 0 Å². The maximum atomic E-state index is 11.9. The molecule has 2 heteroatoms. The lowest BCUT2D eigenvalue weighted by Crippen LogP contribution is -2.31. The summed E-state index contributed by atoms with van der Waals surface area (Å²) >= 11 is 0. The van der Waals surface area contributed by atoms with E-state index in [4.69, 9.17) is 4.74 Å². The molecule has 1 saturated carbocycles. The molecule has 14 heavy (non-hydrogen) atoms. The molecular formula is C12H22O2. The van der Waals surface area contributed by atoms with Gasteiger partial charge >= 0.3 is 0 Å². The fraction of sp³-hybridized carbons (Fsp3) is 0.917. The van der Waals surface area contributed by atoms with Gasteiger partial charge in [-0.05, 0) is 32.6 Å². The predicted octanol–water partition coefficient (Wildman–Crippen LogP) is 2.81. The van der Waals surface area contributed by atoms with Crippen LogP contribution < -0.4 is 0 Å². The van der Waals surface area contributed by atoms with Crippen molar-refractivity contribution >= 4 is 5.78 Å². The van der Waals surface area contributed by atoms with Crippen LogP contribution in [0, 0.1) is 11.8 Å². The normalized spacial score (nSPS) is 29.9. The number of Topliss-reactive ketones (excluding diaryl/α,β-unsaturated/α-hetero) is 1. The monoisotopic (exact) mass is 198 g/mol. The molecule has 0 aromatic heterocycles. The second kappa shape index (κ2) is 5.50. The van der Waals surface area contributed by atoms with Crippen molar-refractivity contribution in [3.05, 3.63) is 0 Å². The van der Waals surface area contributed by atoms with Gasteiger partial charge in [0, 0.05) is 12.5 Å². The highest BCUT2D eigenvalue weighted by Crippen LogP contribution is 2.30. The second-order valence-corrected chi connectivity index (χ2v) is 4.47. The molecule has 0 bridgehead atoms. The lowest BCUT2D eigenvalue weighted by Gasteiger charge is -2.27. The van der Waals surface area contributed by atoms with E-state index in [0.29, 0.717) is 18.3 Å². The molecule has 0 aliphatic heterocycles. The average Bonchev–Trinajstić information content (AvgIpc) is 2.17. The summed E-state index contributed by atoms with van der Waals surface area (Å²) in [6.45, 7) is 6.69. The Bertz CT molecular complexity index is 189. The van der Waals surface area contributed by atoms with E-state index in [9.17, 15) is 4.79 Å². The minimum Gasteiger partial charge on any atom is -0.371 e. The number of hydrogen-bond donors (Lipinski definition) is 0. The van der Waals surface area contributed by atoms with Crippen molar-refractivity contribution in [1.29, 1.82) is 0 Å². The van der Waals surface area contributed by atoms with Crippen molar-refractivity contribution in [2.75, 3.05) is 6.61 Å². The molecule has 0 radical (unpaired) electrons. The van der Waals surface area contributed by atoms with Crippen LogP contribution in [0.15, 0.2) is 0 Å². The predicted molar refractivity (Wildman–Crippen MR) is 57.2 cm³/mol. The summed E-state index contributed by atoms with van der Waals surface area (Å²) in [5.41, 5.74) is 0. The van der Waals surface area contributed by atoms with Gasteiger partial charge in [-0.3, -0.25) is 4.79 Å². The molecular weight excluding hydrogens is 176 g/mol. The van der Waals surface area contributed by atoms with Crippen LogP contribution in [0.2, 0.25) is 0 Å². The van der Waals surface area contributed by atoms with Gasteiger partial charge in [-0.1, -0.05) is 19.8 Å². The summed E-state index contributed by atoms with van der Waals surface area (Å²) in [5, 5.41) is 0. The second-order valence-electron chi connectivity index (χ2n) is 4.47. The molecule has 0 spiro atoms. The van der Waals surface area contributed by atoms with Crippen LogP contribution in [-0.2, 0) is 9.53 Å². The Morgan fingerprint density at radius 1 is 1.50 bits per heavy atom. The zero-order valence-electron chi connectivity index (χ0n) is 9.58. The van der Waals surface area contributed by atoms with Gasteiger partial charge in [-0.15, -0.1) is 0 Å². The fourth-order valence-corrected chi connectivity index (χ4v) is 2.36. The summed E-state index contributed by atoms with van der Waals surface area (Å²) in [4.78, 5) is 11.9. The molecule has 0 heterocycles. The third-order valence-electron chi connectivity index (χ3n) is 3.16. The molecule has 1 fully saturated rings. The number of carbonyl (C=O) groups excluding carboxylic acids is 1. The van der Waals surface area contributed by atoms with E-state index < -0.39 is 0 Å². The molecule has 1 aliphatic rings. The van der Waals surface area contributed by atoms with Gasteiger partial charge < -0.3 is 4.74 Å². The van der Waals surface area contributed by atoms with Gasteiger partial charge in [0.15, 0.2) is 5.78 Å². The third-order valence-corrected chi connectivity index (χ3v) is 3.16. The third kappa shape index (κ3) is 3.09. The highest BCUT2D eigenvalue weighted by molar-refractivity contribution is 5.85. The highest BCUT2D eigenvalue weighted by Gasteiger charge is 2.28. The van der Waals surface area contributed by atoms with E-state index in [-0.39, 0.29) is 12.0 Å². The van der Waals surface area contributed by atoms with E-state index >= 15 is 0 Å². The molecule has 0 aromatic carbocycles. The SMILES string of the molecule is CCOC(C)C(=O)C1CCCC(C)C1. The molecule has 3 atom stereocenters. The minimum atomic E-state index is -0.199. The van der Waals surface area contributed by atoms with Gasteiger partial charge in [0.1, 0.15) is 6.10 Å². The maximum Gasteiger partial charge on any atom is 0.164 e.